The van der Waals surface area contributed by atoms with Gasteiger partial charge in [0.15, 0.2) is 0 Å². The van der Waals surface area contributed by atoms with Crippen molar-refractivity contribution in [2.75, 3.05) is 0 Å². The molecule has 2 fully saturated rings. The second kappa shape index (κ2) is 4.48. The number of nitrogens with one attached hydrogen (secondary N) is 1. The number of hydrogen-bond acceptors (Lipinski definition) is 3. The molecule has 17 heavy (non-hydrogen) atoms. The molecule has 2 bridgehead atoms. The number of benzene rings is 1. The number of rotatable bonds is 3. The number of hydrogen-bond donors (Lipinski definition) is 2. The van der Waals surface area contributed by atoms with Gasteiger partial charge in [0.25, 0.3) is 0 Å². The third kappa shape index (κ3) is 2.28. The summed E-state index contributed by atoms with van der Waals surface area (Å²) >= 11 is 5.87. The van der Waals surface area contributed by atoms with Gasteiger partial charge >= 0.3 is 0 Å². The molecule has 0 spiro atoms. The van der Waals surface area contributed by atoms with Crippen LogP contribution >= 0.6 is 11.6 Å². The highest BCUT2D eigenvalue weighted by molar-refractivity contribution is 6.32. The summed E-state index contributed by atoms with van der Waals surface area (Å²) in [5.41, 5.74) is 1.09. The smallest absolute Gasteiger partial charge is 0.134 e. The van der Waals surface area contributed by atoms with E-state index in [1.807, 2.05) is 6.07 Å². The van der Waals surface area contributed by atoms with Crippen molar-refractivity contribution in [3.63, 3.8) is 0 Å². The van der Waals surface area contributed by atoms with Crippen LogP contribution in [0.5, 0.6) is 5.75 Å². The molecular weight excluding hydrogens is 238 g/mol. The lowest BCUT2D eigenvalue weighted by Gasteiger charge is -2.20. The third-order valence-corrected chi connectivity index (χ3v) is 3.99. The van der Waals surface area contributed by atoms with Crippen LogP contribution in [0.1, 0.15) is 24.8 Å². The highest BCUT2D eigenvalue weighted by Crippen LogP contribution is 2.34. The third-order valence-electron chi connectivity index (χ3n) is 3.69. The number of aromatic hydroxyl groups is 1. The van der Waals surface area contributed by atoms with Gasteiger partial charge in [-0.3, -0.25) is 0 Å². The Morgan fingerprint density at radius 1 is 1.41 bits per heavy atom. The summed E-state index contributed by atoms with van der Waals surface area (Å²) in [5.74, 6) is 0.138. The Morgan fingerprint density at radius 2 is 2.29 bits per heavy atom. The van der Waals surface area contributed by atoms with Crippen molar-refractivity contribution in [2.24, 2.45) is 0 Å². The Bertz CT molecular complexity index is 424. The average molecular weight is 254 g/mol. The quantitative estimate of drug-likeness (QED) is 0.870. The molecule has 1 aromatic carbocycles. The summed E-state index contributed by atoms with van der Waals surface area (Å²) in [6.07, 6.45) is 4.39. The molecule has 2 N–H and O–H groups in total. The fourth-order valence-corrected chi connectivity index (χ4v) is 2.97. The summed E-state index contributed by atoms with van der Waals surface area (Å²) < 4.78 is 5.79. The molecule has 2 aliphatic rings. The van der Waals surface area contributed by atoms with Crippen LogP contribution in [0.25, 0.3) is 0 Å². The first-order chi connectivity index (χ1) is 8.22. The van der Waals surface area contributed by atoms with E-state index in [1.54, 1.807) is 12.1 Å². The Labute approximate surface area is 106 Å². The standard InChI is InChI=1S/C13H16ClNO2/c14-10-5-8(1-3-12(10)16)7-15-11-6-9-2-4-13(11)17-9/h1,3,5,9,11,13,15-16H,2,4,6-7H2. The first kappa shape index (κ1) is 11.3. The van der Waals surface area contributed by atoms with Gasteiger partial charge in [-0.15, -0.1) is 0 Å². The number of ether oxygens (including phenoxy) is 1. The zero-order valence-corrected chi connectivity index (χ0v) is 10.3. The molecule has 2 aliphatic heterocycles. The van der Waals surface area contributed by atoms with Crippen molar-refractivity contribution >= 4 is 11.6 Å². The second-order valence-electron chi connectivity index (χ2n) is 4.88. The predicted molar refractivity (Wildman–Crippen MR) is 66.3 cm³/mol. The normalized spacial score (nSPS) is 31.0. The Hall–Kier alpha value is -0.770. The largest absolute Gasteiger partial charge is 0.506 e. The SMILES string of the molecule is Oc1ccc(CNC2CC3CCC2O3)cc1Cl. The molecule has 0 aliphatic carbocycles. The molecule has 3 nitrogen and oxygen atoms in total. The summed E-state index contributed by atoms with van der Waals surface area (Å²) in [6, 6.07) is 5.80. The van der Waals surface area contributed by atoms with Gasteiger partial charge in [0.1, 0.15) is 5.75 Å². The predicted octanol–water partition coefficient (Wildman–Crippen LogP) is 2.46. The lowest BCUT2D eigenvalue weighted by molar-refractivity contribution is 0.0973. The van der Waals surface area contributed by atoms with Gasteiger partial charge in [-0.05, 0) is 37.0 Å². The molecule has 3 rings (SSSR count). The maximum atomic E-state index is 9.34. The van der Waals surface area contributed by atoms with Crippen LogP contribution in [0.2, 0.25) is 5.02 Å². The van der Waals surface area contributed by atoms with Crippen LogP contribution in [0.4, 0.5) is 0 Å². The van der Waals surface area contributed by atoms with Crippen molar-refractivity contribution in [1.82, 2.24) is 5.32 Å². The van der Waals surface area contributed by atoms with E-state index in [0.29, 0.717) is 23.3 Å². The van der Waals surface area contributed by atoms with Gasteiger partial charge in [0.05, 0.1) is 17.2 Å². The highest BCUT2D eigenvalue weighted by atomic mass is 35.5. The number of fused-ring (bicyclic) bond motifs is 2. The van der Waals surface area contributed by atoms with Crippen LogP contribution in [-0.4, -0.2) is 23.4 Å². The van der Waals surface area contributed by atoms with Crippen LogP contribution < -0.4 is 5.32 Å². The molecule has 92 valence electrons. The summed E-state index contributed by atoms with van der Waals surface area (Å²) in [5, 5.41) is 13.3. The number of halogens is 1. The molecule has 0 amide bonds. The summed E-state index contributed by atoms with van der Waals surface area (Å²) in [6.45, 7) is 0.775. The molecule has 0 aromatic heterocycles. The van der Waals surface area contributed by atoms with Gasteiger partial charge < -0.3 is 15.2 Å². The Kier molecular flexibility index (Phi) is 2.99. The summed E-state index contributed by atoms with van der Waals surface area (Å²) in [7, 11) is 0. The molecule has 3 atom stereocenters. The maximum absolute atomic E-state index is 9.34. The highest BCUT2D eigenvalue weighted by Gasteiger charge is 2.40. The molecule has 2 saturated heterocycles. The van der Waals surface area contributed by atoms with E-state index in [1.165, 1.54) is 12.8 Å². The van der Waals surface area contributed by atoms with E-state index < -0.39 is 0 Å². The van der Waals surface area contributed by atoms with E-state index in [0.717, 1.165) is 18.5 Å². The Balaban J connectivity index is 1.59. The van der Waals surface area contributed by atoms with Crippen molar-refractivity contribution in [3.8, 4) is 5.75 Å². The van der Waals surface area contributed by atoms with E-state index in [4.69, 9.17) is 16.3 Å². The van der Waals surface area contributed by atoms with Gasteiger partial charge in [-0.25, -0.2) is 0 Å². The van der Waals surface area contributed by atoms with E-state index in [-0.39, 0.29) is 5.75 Å². The lowest BCUT2D eigenvalue weighted by atomic mass is 9.95. The van der Waals surface area contributed by atoms with E-state index in [2.05, 4.69) is 5.32 Å². The van der Waals surface area contributed by atoms with Crippen LogP contribution in [0.15, 0.2) is 18.2 Å². The number of phenolic OH excluding ortho intramolecular Hbond substituents is 1. The topological polar surface area (TPSA) is 41.5 Å². The second-order valence-corrected chi connectivity index (χ2v) is 5.29. The number of phenols is 1. The van der Waals surface area contributed by atoms with Crippen LogP contribution in [-0.2, 0) is 11.3 Å². The minimum absolute atomic E-state index is 0.138. The monoisotopic (exact) mass is 253 g/mol. The van der Waals surface area contributed by atoms with Crippen molar-refractivity contribution < 1.29 is 9.84 Å². The minimum atomic E-state index is 0.138. The summed E-state index contributed by atoms with van der Waals surface area (Å²) in [4.78, 5) is 0. The van der Waals surface area contributed by atoms with Gasteiger partial charge in [0, 0.05) is 12.6 Å². The molecule has 2 heterocycles. The molecule has 4 heteroatoms. The molecule has 0 saturated carbocycles. The maximum Gasteiger partial charge on any atom is 0.134 e. The molecule has 1 aromatic rings. The molecular formula is C13H16ClNO2. The molecule has 3 unspecified atom stereocenters. The fraction of sp³-hybridized carbons (Fsp3) is 0.538. The van der Waals surface area contributed by atoms with Gasteiger partial charge in [-0.2, -0.15) is 0 Å². The van der Waals surface area contributed by atoms with Crippen molar-refractivity contribution in [3.05, 3.63) is 28.8 Å². The van der Waals surface area contributed by atoms with Crippen molar-refractivity contribution in [1.29, 1.82) is 0 Å². The average Bonchev–Trinajstić information content (AvgIpc) is 2.92. The zero-order chi connectivity index (χ0) is 11.8. The van der Waals surface area contributed by atoms with E-state index in [9.17, 15) is 5.11 Å². The fourth-order valence-electron chi connectivity index (χ4n) is 2.76. The van der Waals surface area contributed by atoms with Gasteiger partial charge in [0.2, 0.25) is 0 Å². The van der Waals surface area contributed by atoms with Crippen LogP contribution in [0, 0.1) is 0 Å². The van der Waals surface area contributed by atoms with Crippen LogP contribution in [0.3, 0.4) is 0 Å². The first-order valence-corrected chi connectivity index (χ1v) is 6.46. The lowest BCUT2D eigenvalue weighted by Crippen LogP contribution is -2.36. The van der Waals surface area contributed by atoms with Gasteiger partial charge in [-0.1, -0.05) is 17.7 Å². The molecule has 0 radical (unpaired) electrons. The Morgan fingerprint density at radius 3 is 2.94 bits per heavy atom. The van der Waals surface area contributed by atoms with E-state index >= 15 is 0 Å². The minimum Gasteiger partial charge on any atom is -0.506 e. The van der Waals surface area contributed by atoms with Crippen molar-refractivity contribution in [2.45, 2.75) is 44.1 Å². The first-order valence-electron chi connectivity index (χ1n) is 6.08. The zero-order valence-electron chi connectivity index (χ0n) is 9.53.